The molecule has 1 fully saturated rings. The molecule has 0 aromatic heterocycles. The van der Waals surface area contributed by atoms with Gasteiger partial charge in [-0.2, -0.15) is 0 Å². The molecule has 106 valence electrons. The van der Waals surface area contributed by atoms with Crippen LogP contribution in [0.15, 0.2) is 18.2 Å². The van der Waals surface area contributed by atoms with E-state index in [1.54, 1.807) is 6.07 Å². The third-order valence-corrected chi connectivity index (χ3v) is 4.31. The molecule has 1 aromatic carbocycles. The highest BCUT2D eigenvalue weighted by atomic mass is 35.5. The molecule has 4 heteroatoms. The van der Waals surface area contributed by atoms with Crippen molar-refractivity contribution in [1.29, 1.82) is 0 Å². The second kappa shape index (κ2) is 6.69. The molecule has 3 unspecified atom stereocenters. The third kappa shape index (κ3) is 3.91. The highest BCUT2D eigenvalue weighted by molar-refractivity contribution is 6.30. The summed E-state index contributed by atoms with van der Waals surface area (Å²) < 4.78 is 13.1. The van der Waals surface area contributed by atoms with E-state index in [0.717, 1.165) is 18.9 Å². The highest BCUT2D eigenvalue weighted by Crippen LogP contribution is 2.28. The first-order chi connectivity index (χ1) is 9.10. The lowest BCUT2D eigenvalue weighted by Crippen LogP contribution is -2.38. The minimum atomic E-state index is -0.591. The Morgan fingerprint density at radius 1 is 1.53 bits per heavy atom. The van der Waals surface area contributed by atoms with E-state index in [1.165, 1.54) is 25.0 Å². The maximum absolute atomic E-state index is 13.1. The molecular weight excluding hydrogens is 265 g/mol. The molecule has 0 bridgehead atoms. The number of halogens is 2. The maximum Gasteiger partial charge on any atom is 0.141 e. The first kappa shape index (κ1) is 14.8. The van der Waals surface area contributed by atoms with Crippen LogP contribution in [0.5, 0.6) is 0 Å². The molecule has 2 N–H and O–H groups in total. The molecule has 2 nitrogen and oxygen atoms in total. The molecule has 0 radical (unpaired) electrons. The fourth-order valence-corrected chi connectivity index (χ4v) is 2.96. The van der Waals surface area contributed by atoms with Gasteiger partial charge in [-0.15, -0.1) is 0 Å². The molecular formula is C15H21ClFNO. The Labute approximate surface area is 119 Å². The summed E-state index contributed by atoms with van der Waals surface area (Å²) in [5.74, 6) is 0.301. The van der Waals surface area contributed by atoms with Crippen LogP contribution in [-0.4, -0.2) is 17.7 Å². The first-order valence-electron chi connectivity index (χ1n) is 6.96. The van der Waals surface area contributed by atoms with Crippen LogP contribution in [0, 0.1) is 11.7 Å². The number of aliphatic hydroxyl groups excluding tert-OH is 1. The van der Waals surface area contributed by atoms with E-state index >= 15 is 0 Å². The molecule has 1 aliphatic rings. The third-order valence-electron chi connectivity index (χ3n) is 4.02. The number of hydrogen-bond acceptors (Lipinski definition) is 2. The second-order valence-electron chi connectivity index (χ2n) is 5.37. The van der Waals surface area contributed by atoms with Crippen molar-refractivity contribution in [3.8, 4) is 0 Å². The number of aliphatic hydroxyl groups is 1. The van der Waals surface area contributed by atoms with Gasteiger partial charge in [-0.3, -0.25) is 0 Å². The predicted octanol–water partition coefficient (Wildman–Crippen LogP) is 3.68. The summed E-state index contributed by atoms with van der Waals surface area (Å²) >= 11 is 5.74. The maximum atomic E-state index is 13.1. The zero-order valence-corrected chi connectivity index (χ0v) is 12.0. The summed E-state index contributed by atoms with van der Waals surface area (Å²) in [7, 11) is 0. The van der Waals surface area contributed by atoms with E-state index in [2.05, 4.69) is 12.2 Å². The average molecular weight is 286 g/mol. The SMILES string of the molecule is CCC1CCNC(CC(O)c2ccc(F)c(Cl)c2)C1. The lowest BCUT2D eigenvalue weighted by atomic mass is 9.87. The van der Waals surface area contributed by atoms with Crippen LogP contribution in [0.1, 0.15) is 44.3 Å². The molecule has 2 rings (SSSR count). The molecule has 1 heterocycles. The lowest BCUT2D eigenvalue weighted by Gasteiger charge is -2.31. The van der Waals surface area contributed by atoms with Crippen molar-refractivity contribution in [3.63, 3.8) is 0 Å². The summed E-state index contributed by atoms with van der Waals surface area (Å²) in [6.45, 7) is 3.23. The summed E-state index contributed by atoms with van der Waals surface area (Å²) in [6, 6.07) is 4.76. The minimum Gasteiger partial charge on any atom is -0.388 e. The van der Waals surface area contributed by atoms with Crippen LogP contribution in [0.2, 0.25) is 5.02 Å². The first-order valence-corrected chi connectivity index (χ1v) is 7.34. The van der Waals surface area contributed by atoms with Crippen LogP contribution < -0.4 is 5.32 Å². The van der Waals surface area contributed by atoms with Crippen molar-refractivity contribution in [3.05, 3.63) is 34.6 Å². The molecule has 0 aliphatic carbocycles. The van der Waals surface area contributed by atoms with E-state index in [4.69, 9.17) is 11.6 Å². The number of rotatable bonds is 4. The monoisotopic (exact) mass is 285 g/mol. The van der Waals surface area contributed by atoms with Crippen LogP contribution >= 0.6 is 11.6 Å². The van der Waals surface area contributed by atoms with Crippen molar-refractivity contribution in [2.45, 2.75) is 44.8 Å². The van der Waals surface area contributed by atoms with Gasteiger partial charge in [-0.05, 0) is 49.4 Å². The van der Waals surface area contributed by atoms with E-state index in [0.29, 0.717) is 18.0 Å². The largest absolute Gasteiger partial charge is 0.388 e. The van der Waals surface area contributed by atoms with Gasteiger partial charge in [0.05, 0.1) is 11.1 Å². The predicted molar refractivity (Wildman–Crippen MR) is 75.8 cm³/mol. The van der Waals surface area contributed by atoms with Crippen molar-refractivity contribution >= 4 is 11.6 Å². The minimum absolute atomic E-state index is 0.0691. The van der Waals surface area contributed by atoms with Gasteiger partial charge >= 0.3 is 0 Å². The van der Waals surface area contributed by atoms with Gasteiger partial charge in [0, 0.05) is 6.04 Å². The molecule has 0 amide bonds. The number of benzene rings is 1. The molecule has 0 spiro atoms. The summed E-state index contributed by atoms with van der Waals surface area (Å²) in [5, 5.41) is 13.7. The Morgan fingerprint density at radius 2 is 2.32 bits per heavy atom. The van der Waals surface area contributed by atoms with E-state index in [-0.39, 0.29) is 5.02 Å². The average Bonchev–Trinajstić information content (AvgIpc) is 2.42. The number of piperidine rings is 1. The molecule has 19 heavy (non-hydrogen) atoms. The summed E-state index contributed by atoms with van der Waals surface area (Å²) in [4.78, 5) is 0. The number of nitrogens with one attached hydrogen (secondary N) is 1. The normalized spacial score (nSPS) is 25.3. The topological polar surface area (TPSA) is 32.3 Å². The van der Waals surface area contributed by atoms with Crippen LogP contribution in [0.3, 0.4) is 0 Å². The molecule has 0 saturated carbocycles. The Balaban J connectivity index is 1.96. The van der Waals surface area contributed by atoms with Gasteiger partial charge in [-0.1, -0.05) is 31.0 Å². The van der Waals surface area contributed by atoms with Gasteiger partial charge in [0.25, 0.3) is 0 Å². The zero-order valence-electron chi connectivity index (χ0n) is 11.2. The summed E-state index contributed by atoms with van der Waals surface area (Å²) in [5.41, 5.74) is 0.687. The van der Waals surface area contributed by atoms with E-state index < -0.39 is 11.9 Å². The van der Waals surface area contributed by atoms with Gasteiger partial charge in [0.2, 0.25) is 0 Å². The van der Waals surface area contributed by atoms with Crippen molar-refractivity contribution < 1.29 is 9.50 Å². The van der Waals surface area contributed by atoms with Crippen LogP contribution in [-0.2, 0) is 0 Å². The smallest absolute Gasteiger partial charge is 0.141 e. The van der Waals surface area contributed by atoms with Gasteiger partial charge in [0.1, 0.15) is 5.82 Å². The van der Waals surface area contributed by atoms with Crippen molar-refractivity contribution in [2.24, 2.45) is 5.92 Å². The Morgan fingerprint density at radius 3 is 3.00 bits per heavy atom. The van der Waals surface area contributed by atoms with Crippen LogP contribution in [0.4, 0.5) is 4.39 Å². The summed E-state index contributed by atoms with van der Waals surface area (Å²) in [6.07, 6.45) is 3.56. The second-order valence-corrected chi connectivity index (χ2v) is 5.78. The van der Waals surface area contributed by atoms with Gasteiger partial charge in [0.15, 0.2) is 0 Å². The fourth-order valence-electron chi connectivity index (χ4n) is 2.77. The van der Waals surface area contributed by atoms with Gasteiger partial charge in [-0.25, -0.2) is 4.39 Å². The lowest BCUT2D eigenvalue weighted by molar-refractivity contribution is 0.136. The quantitative estimate of drug-likeness (QED) is 0.884. The van der Waals surface area contributed by atoms with E-state index in [9.17, 15) is 9.50 Å². The zero-order chi connectivity index (χ0) is 13.8. The van der Waals surface area contributed by atoms with Crippen molar-refractivity contribution in [2.75, 3.05) is 6.54 Å². The van der Waals surface area contributed by atoms with Crippen molar-refractivity contribution in [1.82, 2.24) is 5.32 Å². The molecule has 1 saturated heterocycles. The number of hydrogen-bond donors (Lipinski definition) is 2. The molecule has 1 aliphatic heterocycles. The standard InChI is InChI=1S/C15H21ClFNO/c1-2-10-5-6-18-12(7-10)9-15(19)11-3-4-14(17)13(16)8-11/h3-4,8,10,12,15,18-19H,2,5-7,9H2,1H3. The fraction of sp³-hybridized carbons (Fsp3) is 0.600. The van der Waals surface area contributed by atoms with Crippen LogP contribution in [0.25, 0.3) is 0 Å². The molecule has 3 atom stereocenters. The van der Waals surface area contributed by atoms with Gasteiger partial charge < -0.3 is 10.4 Å². The van der Waals surface area contributed by atoms with E-state index in [1.807, 2.05) is 0 Å². The Kier molecular flexibility index (Phi) is 5.20. The highest BCUT2D eigenvalue weighted by Gasteiger charge is 2.23. The Hall–Kier alpha value is -0.640. The Bertz CT molecular complexity index is 427. The molecule has 1 aromatic rings.